The Balaban J connectivity index is 1.66. The molecule has 0 spiro atoms. The fourth-order valence-corrected chi connectivity index (χ4v) is 2.56. The maximum Gasteiger partial charge on any atom is 0.231 e. The number of rotatable bonds is 4. The highest BCUT2D eigenvalue weighted by Crippen LogP contribution is 2.32. The number of hydrogen-bond donors (Lipinski definition) is 1. The molecule has 0 fully saturated rings. The summed E-state index contributed by atoms with van der Waals surface area (Å²) in [5, 5.41) is 4.26. The molecule has 0 amide bonds. The van der Waals surface area contributed by atoms with Gasteiger partial charge in [0.05, 0.1) is 0 Å². The lowest BCUT2D eigenvalue weighted by Gasteiger charge is -2.15. The molecular weight excluding hydrogens is 274 g/mol. The van der Waals surface area contributed by atoms with Crippen LogP contribution in [0.4, 0.5) is 0 Å². The summed E-state index contributed by atoms with van der Waals surface area (Å²) in [4.78, 5) is 0. The van der Waals surface area contributed by atoms with Crippen molar-refractivity contribution in [3.05, 3.63) is 58.6 Å². The van der Waals surface area contributed by atoms with Gasteiger partial charge in [0.2, 0.25) is 6.79 Å². The molecule has 1 aliphatic heterocycles. The van der Waals surface area contributed by atoms with Crippen LogP contribution < -0.4 is 14.8 Å². The molecule has 0 saturated heterocycles. The van der Waals surface area contributed by atoms with Crippen molar-refractivity contribution in [3.63, 3.8) is 0 Å². The van der Waals surface area contributed by atoms with Crippen molar-refractivity contribution < 1.29 is 9.47 Å². The van der Waals surface area contributed by atoms with Crippen LogP contribution in [0.2, 0.25) is 5.02 Å². The Hall–Kier alpha value is -1.71. The molecule has 3 rings (SSSR count). The van der Waals surface area contributed by atoms with Crippen molar-refractivity contribution in [1.82, 2.24) is 5.32 Å². The largest absolute Gasteiger partial charge is 0.454 e. The van der Waals surface area contributed by atoms with Gasteiger partial charge in [-0.1, -0.05) is 35.9 Å². The van der Waals surface area contributed by atoms with Crippen molar-refractivity contribution >= 4 is 11.6 Å². The van der Waals surface area contributed by atoms with E-state index in [1.807, 2.05) is 42.5 Å². The van der Waals surface area contributed by atoms with Crippen LogP contribution in [0, 0.1) is 0 Å². The van der Waals surface area contributed by atoms with E-state index >= 15 is 0 Å². The fourth-order valence-electron chi connectivity index (χ4n) is 2.26. The smallest absolute Gasteiger partial charge is 0.231 e. The summed E-state index contributed by atoms with van der Waals surface area (Å²) in [5.41, 5.74) is 2.27. The van der Waals surface area contributed by atoms with Crippen LogP contribution in [0.1, 0.15) is 24.1 Å². The van der Waals surface area contributed by atoms with Crippen LogP contribution >= 0.6 is 11.6 Å². The molecule has 104 valence electrons. The molecule has 1 aliphatic rings. The van der Waals surface area contributed by atoms with Gasteiger partial charge in [0.1, 0.15) is 0 Å². The molecule has 1 heterocycles. The first-order valence-corrected chi connectivity index (χ1v) is 6.98. The van der Waals surface area contributed by atoms with Gasteiger partial charge in [-0.2, -0.15) is 0 Å². The van der Waals surface area contributed by atoms with Crippen LogP contribution in [-0.4, -0.2) is 6.79 Å². The lowest BCUT2D eigenvalue weighted by Crippen LogP contribution is -2.18. The Kier molecular flexibility index (Phi) is 3.81. The Morgan fingerprint density at radius 3 is 2.80 bits per heavy atom. The summed E-state index contributed by atoms with van der Waals surface area (Å²) in [6.07, 6.45) is 0. The van der Waals surface area contributed by atoms with E-state index in [9.17, 15) is 0 Å². The molecule has 1 atom stereocenters. The molecule has 2 aromatic rings. The first kappa shape index (κ1) is 13.3. The molecule has 0 saturated carbocycles. The zero-order valence-electron chi connectivity index (χ0n) is 11.2. The number of fused-ring (bicyclic) bond motifs is 1. The van der Waals surface area contributed by atoms with E-state index in [1.54, 1.807) is 0 Å². The number of nitrogens with one attached hydrogen (secondary N) is 1. The van der Waals surface area contributed by atoms with Gasteiger partial charge in [-0.3, -0.25) is 0 Å². The maximum absolute atomic E-state index is 6.20. The predicted molar refractivity (Wildman–Crippen MR) is 79.3 cm³/mol. The molecular formula is C16H16ClNO2. The van der Waals surface area contributed by atoms with Gasteiger partial charge >= 0.3 is 0 Å². The molecule has 0 radical (unpaired) electrons. The number of halogens is 1. The van der Waals surface area contributed by atoms with Gasteiger partial charge in [0.15, 0.2) is 11.5 Å². The van der Waals surface area contributed by atoms with Crippen molar-refractivity contribution in [2.75, 3.05) is 6.79 Å². The predicted octanol–water partition coefficient (Wildman–Crippen LogP) is 3.92. The Morgan fingerprint density at radius 1 is 1.15 bits per heavy atom. The number of hydrogen-bond acceptors (Lipinski definition) is 3. The number of benzene rings is 2. The molecule has 1 N–H and O–H groups in total. The second-order valence-corrected chi connectivity index (χ2v) is 5.22. The molecule has 0 bridgehead atoms. The molecule has 4 heteroatoms. The first-order chi connectivity index (χ1) is 9.74. The quantitative estimate of drug-likeness (QED) is 0.925. The van der Waals surface area contributed by atoms with E-state index in [2.05, 4.69) is 12.2 Å². The summed E-state index contributed by atoms with van der Waals surface area (Å²) in [7, 11) is 0. The maximum atomic E-state index is 6.20. The van der Waals surface area contributed by atoms with Crippen LogP contribution in [0.5, 0.6) is 11.5 Å². The Bertz CT molecular complexity index is 615. The molecule has 2 aromatic carbocycles. The van der Waals surface area contributed by atoms with E-state index < -0.39 is 0 Å². The van der Waals surface area contributed by atoms with E-state index in [4.69, 9.17) is 21.1 Å². The Labute approximate surface area is 123 Å². The summed E-state index contributed by atoms with van der Waals surface area (Å²) in [6.45, 7) is 3.17. The minimum Gasteiger partial charge on any atom is -0.454 e. The van der Waals surface area contributed by atoms with Gasteiger partial charge in [0, 0.05) is 17.6 Å². The fraction of sp³-hybridized carbons (Fsp3) is 0.250. The minimum atomic E-state index is 0.189. The highest BCUT2D eigenvalue weighted by atomic mass is 35.5. The molecule has 3 nitrogen and oxygen atoms in total. The van der Waals surface area contributed by atoms with Gasteiger partial charge in [-0.15, -0.1) is 0 Å². The molecule has 0 aliphatic carbocycles. The second-order valence-electron chi connectivity index (χ2n) is 4.81. The average molecular weight is 290 g/mol. The topological polar surface area (TPSA) is 30.5 Å². The standard InChI is InChI=1S/C16H16ClNO2/c1-11(13-4-2-3-5-14(13)17)18-9-12-6-7-15-16(8-12)20-10-19-15/h2-8,11,18H,9-10H2,1H3/t11-/m1/s1. The Morgan fingerprint density at radius 2 is 1.95 bits per heavy atom. The monoisotopic (exact) mass is 289 g/mol. The molecule has 0 aromatic heterocycles. The van der Waals surface area contributed by atoms with E-state index in [0.717, 1.165) is 34.2 Å². The van der Waals surface area contributed by atoms with Gasteiger partial charge < -0.3 is 14.8 Å². The van der Waals surface area contributed by atoms with Crippen LogP contribution in [0.15, 0.2) is 42.5 Å². The van der Waals surface area contributed by atoms with Crippen molar-refractivity contribution in [1.29, 1.82) is 0 Å². The van der Waals surface area contributed by atoms with Gasteiger partial charge in [-0.05, 0) is 36.2 Å². The van der Waals surface area contributed by atoms with Gasteiger partial charge in [0.25, 0.3) is 0 Å². The minimum absolute atomic E-state index is 0.189. The third kappa shape index (κ3) is 2.74. The van der Waals surface area contributed by atoms with Crippen LogP contribution in [0.3, 0.4) is 0 Å². The SMILES string of the molecule is C[C@@H](NCc1ccc2c(c1)OCO2)c1ccccc1Cl. The lowest BCUT2D eigenvalue weighted by atomic mass is 10.1. The second kappa shape index (κ2) is 5.73. The third-order valence-electron chi connectivity index (χ3n) is 3.42. The average Bonchev–Trinajstić information content (AvgIpc) is 2.92. The van der Waals surface area contributed by atoms with E-state index in [-0.39, 0.29) is 6.04 Å². The zero-order chi connectivity index (χ0) is 13.9. The van der Waals surface area contributed by atoms with Crippen LogP contribution in [0.25, 0.3) is 0 Å². The normalized spacial score (nSPS) is 14.3. The van der Waals surface area contributed by atoms with Crippen LogP contribution in [-0.2, 0) is 6.54 Å². The van der Waals surface area contributed by atoms with E-state index in [1.165, 1.54) is 0 Å². The van der Waals surface area contributed by atoms with Crippen molar-refractivity contribution in [3.8, 4) is 11.5 Å². The summed E-state index contributed by atoms with van der Waals surface area (Å²) in [5.74, 6) is 1.63. The van der Waals surface area contributed by atoms with Crippen molar-refractivity contribution in [2.45, 2.75) is 19.5 Å². The summed E-state index contributed by atoms with van der Waals surface area (Å²) < 4.78 is 10.7. The molecule has 20 heavy (non-hydrogen) atoms. The zero-order valence-corrected chi connectivity index (χ0v) is 12.0. The van der Waals surface area contributed by atoms with E-state index in [0.29, 0.717) is 6.79 Å². The third-order valence-corrected chi connectivity index (χ3v) is 3.77. The van der Waals surface area contributed by atoms with Gasteiger partial charge in [-0.25, -0.2) is 0 Å². The number of ether oxygens (including phenoxy) is 2. The first-order valence-electron chi connectivity index (χ1n) is 6.60. The molecule has 0 unspecified atom stereocenters. The summed E-state index contributed by atoms with van der Waals surface area (Å²) >= 11 is 6.20. The summed E-state index contributed by atoms with van der Waals surface area (Å²) in [6, 6.07) is 14.1. The lowest BCUT2D eigenvalue weighted by molar-refractivity contribution is 0.174. The highest BCUT2D eigenvalue weighted by molar-refractivity contribution is 6.31. The highest BCUT2D eigenvalue weighted by Gasteiger charge is 2.14. The van der Waals surface area contributed by atoms with Crippen molar-refractivity contribution in [2.24, 2.45) is 0 Å².